The van der Waals surface area contributed by atoms with Crippen LogP contribution in [0.4, 0.5) is 4.79 Å². The van der Waals surface area contributed by atoms with Crippen LogP contribution in [0.15, 0.2) is 0 Å². The maximum absolute atomic E-state index is 12.0. The van der Waals surface area contributed by atoms with Crippen LogP contribution in [0.2, 0.25) is 0 Å². The quantitative estimate of drug-likeness (QED) is 0.685. The maximum Gasteiger partial charge on any atom is 0.320 e. The van der Waals surface area contributed by atoms with Crippen LogP contribution in [-0.4, -0.2) is 89.3 Å². The van der Waals surface area contributed by atoms with Crippen molar-refractivity contribution >= 4 is 12.0 Å². The van der Waals surface area contributed by atoms with Gasteiger partial charge in [0.2, 0.25) is 0 Å². The Morgan fingerprint density at radius 2 is 1.83 bits per heavy atom. The normalized spacial score (nSPS) is 18.5. The van der Waals surface area contributed by atoms with E-state index in [0.29, 0.717) is 26.2 Å². The lowest BCUT2D eigenvalue weighted by molar-refractivity contribution is -0.138. The Labute approximate surface area is 107 Å². The van der Waals surface area contributed by atoms with Gasteiger partial charge in [0.15, 0.2) is 0 Å². The van der Waals surface area contributed by atoms with E-state index in [9.17, 15) is 9.59 Å². The van der Waals surface area contributed by atoms with Gasteiger partial charge in [-0.15, -0.1) is 0 Å². The second-order valence-electron chi connectivity index (χ2n) is 4.58. The van der Waals surface area contributed by atoms with Crippen molar-refractivity contribution in [3.05, 3.63) is 0 Å². The largest absolute Gasteiger partial charge is 0.480 e. The number of aliphatic carboxylic acids is 1. The van der Waals surface area contributed by atoms with E-state index < -0.39 is 5.97 Å². The number of amides is 2. The highest BCUT2D eigenvalue weighted by Gasteiger charge is 2.26. The summed E-state index contributed by atoms with van der Waals surface area (Å²) in [4.78, 5) is 27.6. The molecule has 1 saturated heterocycles. The Kier molecular flexibility index (Phi) is 5.36. The van der Waals surface area contributed by atoms with Crippen molar-refractivity contribution in [2.75, 3.05) is 46.4 Å². The summed E-state index contributed by atoms with van der Waals surface area (Å²) in [6.07, 6.45) is 0. The van der Waals surface area contributed by atoms with Crippen LogP contribution in [0, 0.1) is 0 Å². The molecule has 7 nitrogen and oxygen atoms in total. The molecule has 1 heterocycles. The summed E-state index contributed by atoms with van der Waals surface area (Å²) in [6, 6.07) is -0.332. The first-order valence-corrected chi connectivity index (χ1v) is 6.02. The molecule has 1 unspecified atom stereocenters. The number of carbonyl (C=O) groups is 2. The van der Waals surface area contributed by atoms with E-state index in [-0.39, 0.29) is 25.2 Å². The van der Waals surface area contributed by atoms with Crippen molar-refractivity contribution in [1.29, 1.82) is 0 Å². The summed E-state index contributed by atoms with van der Waals surface area (Å²) < 4.78 is 0. The number of carboxylic acids is 1. The molecular weight excluding hydrogens is 238 g/mol. The highest BCUT2D eigenvalue weighted by Crippen LogP contribution is 2.06. The minimum absolute atomic E-state index is 0.0188. The molecule has 0 spiro atoms. The third-order valence-electron chi connectivity index (χ3n) is 3.23. The lowest BCUT2D eigenvalue weighted by Crippen LogP contribution is -2.54. The van der Waals surface area contributed by atoms with Crippen LogP contribution in [0.3, 0.4) is 0 Å². The van der Waals surface area contributed by atoms with Crippen LogP contribution in [-0.2, 0) is 4.79 Å². The van der Waals surface area contributed by atoms with E-state index in [4.69, 9.17) is 10.2 Å². The third kappa shape index (κ3) is 3.85. The zero-order valence-corrected chi connectivity index (χ0v) is 10.9. The molecule has 104 valence electrons. The minimum atomic E-state index is -0.846. The van der Waals surface area contributed by atoms with Crippen molar-refractivity contribution < 1.29 is 19.8 Å². The maximum atomic E-state index is 12.0. The fourth-order valence-corrected chi connectivity index (χ4v) is 1.82. The SMILES string of the molecule is CC(CO)N(C)C(=O)N1CCN(CC(=O)O)CC1. The van der Waals surface area contributed by atoms with E-state index in [1.807, 2.05) is 4.90 Å². The molecular formula is C11H21N3O4. The van der Waals surface area contributed by atoms with Crippen LogP contribution >= 0.6 is 0 Å². The molecule has 0 aromatic rings. The molecule has 0 aromatic heterocycles. The first-order valence-electron chi connectivity index (χ1n) is 6.02. The van der Waals surface area contributed by atoms with Crippen molar-refractivity contribution in [3.63, 3.8) is 0 Å². The average molecular weight is 259 g/mol. The number of carbonyl (C=O) groups excluding carboxylic acids is 1. The number of likely N-dealkylation sites (N-methyl/N-ethyl adjacent to an activating group) is 1. The summed E-state index contributed by atoms with van der Waals surface area (Å²) in [5.74, 6) is -0.846. The van der Waals surface area contributed by atoms with Crippen LogP contribution in [0.5, 0.6) is 0 Å². The van der Waals surface area contributed by atoms with Crippen molar-refractivity contribution in [2.45, 2.75) is 13.0 Å². The summed E-state index contributed by atoms with van der Waals surface area (Å²) in [5, 5.41) is 17.7. The average Bonchev–Trinajstić information content (AvgIpc) is 2.36. The van der Waals surface area contributed by atoms with Crippen molar-refractivity contribution in [3.8, 4) is 0 Å². The summed E-state index contributed by atoms with van der Waals surface area (Å²) in [5.41, 5.74) is 0. The highest BCUT2D eigenvalue weighted by atomic mass is 16.4. The molecule has 18 heavy (non-hydrogen) atoms. The Morgan fingerprint density at radius 1 is 1.28 bits per heavy atom. The smallest absolute Gasteiger partial charge is 0.320 e. The van der Waals surface area contributed by atoms with E-state index in [2.05, 4.69) is 0 Å². The van der Waals surface area contributed by atoms with E-state index in [1.165, 1.54) is 4.90 Å². The van der Waals surface area contributed by atoms with Gasteiger partial charge in [0.05, 0.1) is 19.2 Å². The Bertz CT molecular complexity index is 303. The second-order valence-corrected chi connectivity index (χ2v) is 4.58. The predicted molar refractivity (Wildman–Crippen MR) is 65.4 cm³/mol. The molecule has 7 heteroatoms. The molecule has 2 amide bonds. The Hall–Kier alpha value is -1.34. The topological polar surface area (TPSA) is 84.3 Å². The zero-order valence-electron chi connectivity index (χ0n) is 10.9. The van der Waals surface area contributed by atoms with Gasteiger partial charge in [-0.25, -0.2) is 4.79 Å². The number of carboxylic acid groups (broad SMARTS) is 1. The van der Waals surface area contributed by atoms with Crippen LogP contribution in [0.1, 0.15) is 6.92 Å². The minimum Gasteiger partial charge on any atom is -0.480 e. The number of nitrogens with zero attached hydrogens (tertiary/aromatic N) is 3. The summed E-state index contributed by atoms with van der Waals surface area (Å²) >= 11 is 0. The number of aliphatic hydroxyl groups excluding tert-OH is 1. The number of rotatable bonds is 4. The standard InChI is InChI=1S/C11H21N3O4/c1-9(8-15)12(2)11(18)14-5-3-13(4-6-14)7-10(16)17/h9,15H,3-8H2,1-2H3,(H,16,17). The predicted octanol–water partition coefficient (Wildman–Crippen LogP) is -0.879. The zero-order chi connectivity index (χ0) is 13.7. The van der Waals surface area contributed by atoms with Gasteiger partial charge >= 0.3 is 12.0 Å². The number of urea groups is 1. The number of piperazine rings is 1. The third-order valence-corrected chi connectivity index (χ3v) is 3.23. The molecule has 1 rings (SSSR count). The van der Waals surface area contributed by atoms with Gasteiger partial charge in [-0.1, -0.05) is 0 Å². The lowest BCUT2D eigenvalue weighted by atomic mass is 10.3. The number of hydrogen-bond donors (Lipinski definition) is 2. The second kappa shape index (κ2) is 6.55. The van der Waals surface area contributed by atoms with Crippen molar-refractivity contribution in [1.82, 2.24) is 14.7 Å². The first-order chi connectivity index (χ1) is 8.45. The first kappa shape index (κ1) is 14.7. The molecule has 0 aromatic carbocycles. The van der Waals surface area contributed by atoms with E-state index in [0.717, 1.165) is 0 Å². The molecule has 1 fully saturated rings. The number of hydrogen-bond acceptors (Lipinski definition) is 4. The molecule has 0 radical (unpaired) electrons. The monoisotopic (exact) mass is 259 g/mol. The van der Waals surface area contributed by atoms with Gasteiger partial charge in [0.1, 0.15) is 0 Å². The molecule has 1 aliphatic rings. The van der Waals surface area contributed by atoms with Crippen molar-refractivity contribution in [2.24, 2.45) is 0 Å². The Balaban J connectivity index is 2.42. The number of aliphatic hydroxyl groups is 1. The molecule has 0 bridgehead atoms. The summed E-state index contributed by atoms with van der Waals surface area (Å²) in [6.45, 7) is 3.91. The van der Waals surface area contributed by atoms with Gasteiger partial charge < -0.3 is 20.0 Å². The van der Waals surface area contributed by atoms with E-state index in [1.54, 1.807) is 18.9 Å². The van der Waals surface area contributed by atoms with Gasteiger partial charge in [0, 0.05) is 33.2 Å². The van der Waals surface area contributed by atoms with Gasteiger partial charge in [-0.05, 0) is 6.92 Å². The molecule has 1 atom stereocenters. The molecule has 0 saturated carbocycles. The molecule has 1 aliphatic heterocycles. The van der Waals surface area contributed by atoms with Gasteiger partial charge in [-0.2, -0.15) is 0 Å². The summed E-state index contributed by atoms with van der Waals surface area (Å²) in [7, 11) is 1.66. The lowest BCUT2D eigenvalue weighted by Gasteiger charge is -2.37. The highest BCUT2D eigenvalue weighted by molar-refractivity contribution is 5.74. The van der Waals surface area contributed by atoms with Gasteiger partial charge in [0.25, 0.3) is 0 Å². The fourth-order valence-electron chi connectivity index (χ4n) is 1.82. The van der Waals surface area contributed by atoms with E-state index >= 15 is 0 Å². The fraction of sp³-hybridized carbons (Fsp3) is 0.818. The van der Waals surface area contributed by atoms with Crippen LogP contribution in [0.25, 0.3) is 0 Å². The van der Waals surface area contributed by atoms with Gasteiger partial charge in [-0.3, -0.25) is 9.69 Å². The molecule has 0 aliphatic carbocycles. The Morgan fingerprint density at radius 3 is 2.28 bits per heavy atom. The molecule has 2 N–H and O–H groups in total. The van der Waals surface area contributed by atoms with Crippen LogP contribution < -0.4 is 0 Å².